The number of pyridine rings is 1. The number of hydrogen-bond acceptors (Lipinski definition) is 3. The molecule has 0 fully saturated rings. The maximum atomic E-state index is 11.1. The average molecular weight is 307 g/mol. The fourth-order valence-electron chi connectivity index (χ4n) is 1.52. The van der Waals surface area contributed by atoms with Gasteiger partial charge in [-0.2, -0.15) is 0 Å². The highest BCUT2D eigenvalue weighted by atomic mass is 79.9. The van der Waals surface area contributed by atoms with Gasteiger partial charge in [0.1, 0.15) is 11.4 Å². The van der Waals surface area contributed by atoms with Gasteiger partial charge in [0.2, 0.25) is 0 Å². The smallest absolute Gasteiger partial charge is 0.339 e. The summed E-state index contributed by atoms with van der Waals surface area (Å²) in [6.07, 6.45) is 1.57. The van der Waals surface area contributed by atoms with Gasteiger partial charge in [-0.3, -0.25) is 0 Å². The Morgan fingerprint density at radius 2 is 2.06 bits per heavy atom. The van der Waals surface area contributed by atoms with E-state index in [1.165, 1.54) is 6.07 Å². The van der Waals surface area contributed by atoms with Gasteiger partial charge in [-0.15, -0.1) is 0 Å². The minimum Gasteiger partial charge on any atom is -0.478 e. The molecule has 0 spiro atoms. The van der Waals surface area contributed by atoms with Crippen molar-refractivity contribution in [2.24, 2.45) is 0 Å². The lowest BCUT2D eigenvalue weighted by Gasteiger charge is -2.08. The zero-order valence-electron chi connectivity index (χ0n) is 9.43. The number of carboxylic acid groups (broad SMARTS) is 1. The summed E-state index contributed by atoms with van der Waals surface area (Å²) < 4.78 is 0.644. The number of carboxylic acids is 1. The van der Waals surface area contributed by atoms with E-state index in [4.69, 9.17) is 5.11 Å². The molecule has 0 aliphatic carbocycles. The number of halogens is 1. The molecule has 0 radical (unpaired) electrons. The van der Waals surface area contributed by atoms with Crippen LogP contribution in [0.3, 0.4) is 0 Å². The topological polar surface area (TPSA) is 62.2 Å². The van der Waals surface area contributed by atoms with Gasteiger partial charge in [-0.1, -0.05) is 30.3 Å². The number of carbonyl (C=O) groups is 1. The van der Waals surface area contributed by atoms with Crippen molar-refractivity contribution in [1.82, 2.24) is 4.98 Å². The van der Waals surface area contributed by atoms with Crippen LogP contribution in [0, 0.1) is 0 Å². The third-order valence-corrected chi connectivity index (χ3v) is 2.82. The predicted octanol–water partition coefficient (Wildman–Crippen LogP) is 3.15. The normalized spacial score (nSPS) is 10.1. The number of nitrogens with one attached hydrogen (secondary N) is 1. The van der Waals surface area contributed by atoms with Gasteiger partial charge in [0.25, 0.3) is 0 Å². The standard InChI is InChI=1S/C13H11BrN2O2/c14-10-6-11(13(17)18)12(16-8-10)15-7-9-4-2-1-3-5-9/h1-6,8H,7H2,(H,15,16)(H,17,18). The lowest BCUT2D eigenvalue weighted by atomic mass is 10.2. The zero-order chi connectivity index (χ0) is 13.0. The highest BCUT2D eigenvalue weighted by molar-refractivity contribution is 9.10. The molecule has 0 amide bonds. The van der Waals surface area contributed by atoms with Gasteiger partial charge in [-0.05, 0) is 27.6 Å². The number of anilines is 1. The molecule has 0 atom stereocenters. The predicted molar refractivity (Wildman–Crippen MR) is 72.7 cm³/mol. The maximum absolute atomic E-state index is 11.1. The number of aromatic nitrogens is 1. The molecule has 0 unspecified atom stereocenters. The van der Waals surface area contributed by atoms with Gasteiger partial charge in [0, 0.05) is 17.2 Å². The molecule has 1 heterocycles. The molecule has 1 aromatic heterocycles. The van der Waals surface area contributed by atoms with Crippen molar-refractivity contribution in [2.75, 3.05) is 5.32 Å². The molecule has 2 N–H and O–H groups in total. The van der Waals surface area contributed by atoms with Crippen molar-refractivity contribution >= 4 is 27.7 Å². The molecular weight excluding hydrogens is 296 g/mol. The van der Waals surface area contributed by atoms with Crippen LogP contribution in [-0.4, -0.2) is 16.1 Å². The van der Waals surface area contributed by atoms with E-state index in [-0.39, 0.29) is 5.56 Å². The maximum Gasteiger partial charge on any atom is 0.339 e. The second kappa shape index (κ2) is 5.64. The number of rotatable bonds is 4. The first kappa shape index (κ1) is 12.6. The Morgan fingerprint density at radius 3 is 2.72 bits per heavy atom. The van der Waals surface area contributed by atoms with Crippen LogP contribution in [0.1, 0.15) is 15.9 Å². The molecule has 0 bridgehead atoms. The third-order valence-electron chi connectivity index (χ3n) is 2.39. The van der Waals surface area contributed by atoms with Gasteiger partial charge in [-0.25, -0.2) is 9.78 Å². The Morgan fingerprint density at radius 1 is 1.33 bits per heavy atom. The Hall–Kier alpha value is -1.88. The summed E-state index contributed by atoms with van der Waals surface area (Å²) in [5.74, 6) is -0.631. The Bertz CT molecular complexity index is 558. The molecule has 2 aromatic rings. The molecule has 0 aliphatic rings. The monoisotopic (exact) mass is 306 g/mol. The van der Waals surface area contributed by atoms with Gasteiger partial charge in [0.05, 0.1) is 0 Å². The first-order chi connectivity index (χ1) is 8.66. The van der Waals surface area contributed by atoms with Crippen LogP contribution in [0.4, 0.5) is 5.82 Å². The van der Waals surface area contributed by atoms with Crippen LogP contribution in [0.2, 0.25) is 0 Å². The molecule has 2 rings (SSSR count). The Kier molecular flexibility index (Phi) is 3.94. The first-order valence-corrected chi connectivity index (χ1v) is 6.13. The van der Waals surface area contributed by atoms with Crippen molar-refractivity contribution in [1.29, 1.82) is 0 Å². The van der Waals surface area contributed by atoms with Crippen molar-refractivity contribution in [3.8, 4) is 0 Å². The summed E-state index contributed by atoms with van der Waals surface area (Å²) in [6, 6.07) is 11.3. The van der Waals surface area contributed by atoms with E-state index in [9.17, 15) is 4.79 Å². The first-order valence-electron chi connectivity index (χ1n) is 5.33. The van der Waals surface area contributed by atoms with Gasteiger partial charge >= 0.3 is 5.97 Å². The SMILES string of the molecule is O=C(O)c1cc(Br)cnc1NCc1ccccc1. The van der Waals surface area contributed by atoms with Crippen LogP contribution in [0.5, 0.6) is 0 Å². The summed E-state index contributed by atoms with van der Waals surface area (Å²) in [7, 11) is 0. The number of aromatic carboxylic acids is 1. The summed E-state index contributed by atoms with van der Waals surface area (Å²) >= 11 is 3.21. The molecular formula is C13H11BrN2O2. The van der Waals surface area contributed by atoms with E-state index in [0.717, 1.165) is 5.56 Å². The van der Waals surface area contributed by atoms with E-state index in [1.54, 1.807) is 6.20 Å². The molecule has 4 nitrogen and oxygen atoms in total. The largest absolute Gasteiger partial charge is 0.478 e. The molecule has 92 valence electrons. The molecule has 0 aliphatic heterocycles. The fourth-order valence-corrected chi connectivity index (χ4v) is 1.86. The molecule has 1 aromatic carbocycles. The van der Waals surface area contributed by atoms with Crippen LogP contribution >= 0.6 is 15.9 Å². The summed E-state index contributed by atoms with van der Waals surface area (Å²) in [5.41, 5.74) is 1.22. The van der Waals surface area contributed by atoms with Crippen LogP contribution in [0.15, 0.2) is 47.1 Å². The highest BCUT2D eigenvalue weighted by Gasteiger charge is 2.11. The Labute approximate surface area is 113 Å². The van der Waals surface area contributed by atoms with E-state index in [1.807, 2.05) is 30.3 Å². The second-order valence-electron chi connectivity index (χ2n) is 3.69. The molecule has 5 heteroatoms. The van der Waals surface area contributed by atoms with Crippen LogP contribution in [0.25, 0.3) is 0 Å². The lowest BCUT2D eigenvalue weighted by Crippen LogP contribution is -2.08. The minimum absolute atomic E-state index is 0.153. The number of nitrogens with zero attached hydrogens (tertiary/aromatic N) is 1. The van der Waals surface area contributed by atoms with E-state index in [0.29, 0.717) is 16.8 Å². The molecule has 0 saturated carbocycles. The molecule has 18 heavy (non-hydrogen) atoms. The minimum atomic E-state index is -1.00. The second-order valence-corrected chi connectivity index (χ2v) is 4.61. The van der Waals surface area contributed by atoms with Crippen molar-refractivity contribution in [3.05, 3.63) is 58.2 Å². The summed E-state index contributed by atoms with van der Waals surface area (Å²) in [6.45, 7) is 0.537. The van der Waals surface area contributed by atoms with Gasteiger partial charge in [0.15, 0.2) is 0 Å². The van der Waals surface area contributed by atoms with Crippen molar-refractivity contribution < 1.29 is 9.90 Å². The Balaban J connectivity index is 2.17. The highest BCUT2D eigenvalue weighted by Crippen LogP contribution is 2.18. The van der Waals surface area contributed by atoms with E-state index in [2.05, 4.69) is 26.2 Å². The van der Waals surface area contributed by atoms with Gasteiger partial charge < -0.3 is 10.4 Å². The third kappa shape index (κ3) is 3.07. The number of hydrogen-bond donors (Lipinski definition) is 2. The molecule has 0 saturated heterocycles. The average Bonchev–Trinajstić information content (AvgIpc) is 2.38. The summed E-state index contributed by atoms with van der Waals surface area (Å²) in [5, 5.41) is 12.1. The quantitative estimate of drug-likeness (QED) is 0.911. The van der Waals surface area contributed by atoms with Crippen molar-refractivity contribution in [3.63, 3.8) is 0 Å². The van der Waals surface area contributed by atoms with Crippen molar-refractivity contribution in [2.45, 2.75) is 6.54 Å². The van der Waals surface area contributed by atoms with E-state index < -0.39 is 5.97 Å². The fraction of sp³-hybridized carbons (Fsp3) is 0.0769. The zero-order valence-corrected chi connectivity index (χ0v) is 11.0. The van der Waals surface area contributed by atoms with Crippen LogP contribution in [-0.2, 0) is 6.54 Å². The lowest BCUT2D eigenvalue weighted by molar-refractivity contribution is 0.0697. The van der Waals surface area contributed by atoms with Crippen LogP contribution < -0.4 is 5.32 Å². The van der Waals surface area contributed by atoms with E-state index >= 15 is 0 Å². The summed E-state index contributed by atoms with van der Waals surface area (Å²) in [4.78, 5) is 15.2. The number of benzene rings is 1.